The first-order valence-corrected chi connectivity index (χ1v) is 5.73. The molecule has 0 spiro atoms. The van der Waals surface area contributed by atoms with Crippen molar-refractivity contribution in [2.45, 2.75) is 0 Å². The summed E-state index contributed by atoms with van der Waals surface area (Å²) in [5.41, 5.74) is 0.583. The molecule has 0 saturated carbocycles. The van der Waals surface area contributed by atoms with E-state index in [1.54, 1.807) is 0 Å². The van der Waals surface area contributed by atoms with Crippen LogP contribution in [-0.4, -0.2) is 35.2 Å². The fourth-order valence-electron chi connectivity index (χ4n) is 1.31. The molecule has 0 aliphatic heterocycles. The van der Waals surface area contributed by atoms with Gasteiger partial charge in [-0.25, -0.2) is 9.59 Å². The van der Waals surface area contributed by atoms with Crippen molar-refractivity contribution in [2.24, 2.45) is 0 Å². The van der Waals surface area contributed by atoms with Crippen LogP contribution in [-0.2, 0) is 19.1 Å². The third-order valence-corrected chi connectivity index (χ3v) is 2.27. The molecule has 1 amide bonds. The lowest BCUT2D eigenvalue weighted by atomic mass is 10.1. The fraction of sp³-hybridized carbons (Fsp3) is 0.0714. The minimum atomic E-state index is -1.11. The van der Waals surface area contributed by atoms with E-state index in [0.29, 0.717) is 5.56 Å². The van der Waals surface area contributed by atoms with Gasteiger partial charge >= 0.3 is 11.9 Å². The number of rotatable bonds is 5. The van der Waals surface area contributed by atoms with Crippen LogP contribution in [0.4, 0.5) is 5.69 Å². The Balaban J connectivity index is 2.77. The van der Waals surface area contributed by atoms with Gasteiger partial charge < -0.3 is 20.3 Å². The van der Waals surface area contributed by atoms with Crippen molar-refractivity contribution >= 4 is 29.6 Å². The van der Waals surface area contributed by atoms with Gasteiger partial charge in [0.15, 0.2) is 0 Å². The molecule has 110 valence electrons. The summed E-state index contributed by atoms with van der Waals surface area (Å²) < 4.78 is 4.33. The Morgan fingerprint density at radius 1 is 1.19 bits per heavy atom. The van der Waals surface area contributed by atoms with Crippen molar-refractivity contribution in [1.29, 1.82) is 0 Å². The topological polar surface area (TPSA) is 113 Å². The van der Waals surface area contributed by atoms with Crippen LogP contribution in [0.3, 0.4) is 0 Å². The van der Waals surface area contributed by atoms with E-state index >= 15 is 0 Å². The number of benzene rings is 1. The number of carbonyl (C=O) groups excluding carboxylic acids is 2. The maximum atomic E-state index is 11.5. The van der Waals surface area contributed by atoms with Gasteiger partial charge in [-0.1, -0.05) is 6.07 Å². The Labute approximate surface area is 120 Å². The molecular weight excluding hydrogens is 278 g/mol. The van der Waals surface area contributed by atoms with E-state index in [2.05, 4.69) is 10.1 Å². The highest BCUT2D eigenvalue weighted by Gasteiger charge is 2.05. The van der Waals surface area contributed by atoms with Crippen LogP contribution in [0, 0.1) is 0 Å². The molecule has 0 unspecified atom stereocenters. The Bertz CT molecular complexity index is 618. The summed E-state index contributed by atoms with van der Waals surface area (Å²) in [5.74, 6) is -2.64. The molecule has 0 aliphatic carbocycles. The highest BCUT2D eigenvalue weighted by atomic mass is 16.5. The number of esters is 1. The molecule has 7 heteroatoms. The number of methoxy groups -OCH3 is 1. The van der Waals surface area contributed by atoms with Crippen molar-refractivity contribution < 1.29 is 29.3 Å². The van der Waals surface area contributed by atoms with Crippen LogP contribution in [0.25, 0.3) is 6.08 Å². The molecule has 0 saturated heterocycles. The molecule has 0 atom stereocenters. The van der Waals surface area contributed by atoms with E-state index in [0.717, 1.165) is 18.2 Å². The van der Waals surface area contributed by atoms with E-state index in [1.165, 1.54) is 31.4 Å². The van der Waals surface area contributed by atoms with Gasteiger partial charge in [0.25, 0.3) is 0 Å². The van der Waals surface area contributed by atoms with Gasteiger partial charge in [0.05, 0.1) is 12.8 Å². The molecule has 0 bridgehead atoms. The molecule has 0 heterocycles. The number of amides is 1. The third kappa shape index (κ3) is 5.60. The molecule has 7 nitrogen and oxygen atoms in total. The predicted octanol–water partition coefficient (Wildman–Crippen LogP) is 1.16. The van der Waals surface area contributed by atoms with E-state index < -0.39 is 17.8 Å². The maximum absolute atomic E-state index is 11.5. The lowest BCUT2D eigenvalue weighted by Gasteiger charge is -2.05. The molecular formula is C14H13NO6. The first-order chi connectivity index (χ1) is 9.92. The number of phenols is 1. The average Bonchev–Trinajstić information content (AvgIpc) is 2.45. The Morgan fingerprint density at radius 3 is 2.48 bits per heavy atom. The van der Waals surface area contributed by atoms with Crippen molar-refractivity contribution in [1.82, 2.24) is 0 Å². The summed E-state index contributed by atoms with van der Waals surface area (Å²) in [7, 11) is 1.18. The van der Waals surface area contributed by atoms with Crippen molar-refractivity contribution in [2.75, 3.05) is 12.4 Å². The second-order valence-corrected chi connectivity index (χ2v) is 3.79. The van der Waals surface area contributed by atoms with Gasteiger partial charge in [-0.05, 0) is 23.8 Å². The molecule has 3 N–H and O–H groups in total. The minimum Gasteiger partial charge on any atom is -0.506 e. The first kappa shape index (κ1) is 16.0. The molecule has 1 aromatic carbocycles. The van der Waals surface area contributed by atoms with Gasteiger partial charge in [0, 0.05) is 18.2 Å². The van der Waals surface area contributed by atoms with Gasteiger partial charge in [-0.3, -0.25) is 4.79 Å². The molecule has 1 rings (SSSR count). The summed E-state index contributed by atoms with van der Waals surface area (Å²) in [4.78, 5) is 32.7. The van der Waals surface area contributed by atoms with Crippen LogP contribution in [0.5, 0.6) is 5.75 Å². The van der Waals surface area contributed by atoms with Crippen LogP contribution in [0.2, 0.25) is 0 Å². The number of hydrogen-bond donors (Lipinski definition) is 3. The van der Waals surface area contributed by atoms with Crippen molar-refractivity contribution in [3.8, 4) is 5.75 Å². The van der Waals surface area contributed by atoms with Gasteiger partial charge in [0.2, 0.25) is 5.91 Å². The summed E-state index contributed by atoms with van der Waals surface area (Å²) in [5, 5.41) is 20.6. The number of aromatic hydroxyl groups is 1. The molecule has 0 fully saturated rings. The van der Waals surface area contributed by atoms with E-state index in [1.807, 2.05) is 0 Å². The first-order valence-electron chi connectivity index (χ1n) is 5.73. The minimum absolute atomic E-state index is 0.127. The summed E-state index contributed by atoms with van der Waals surface area (Å²) in [6.07, 6.45) is 4.12. The van der Waals surface area contributed by atoms with Crippen LogP contribution in [0.1, 0.15) is 5.56 Å². The number of carboxylic acid groups (broad SMARTS) is 1. The summed E-state index contributed by atoms with van der Waals surface area (Å²) in [6.45, 7) is 0. The standard InChI is InChI=1S/C14H13NO6/c1-21-14(20)7-5-12(17)15-10-4-2-9(8-11(10)16)3-6-13(18)19/h2-8,16H,1H3,(H,15,17)(H,18,19)/b6-3+,7-5+. The second kappa shape index (κ2) is 7.49. The number of carbonyl (C=O) groups is 3. The van der Waals surface area contributed by atoms with E-state index in [4.69, 9.17) is 5.11 Å². The van der Waals surface area contributed by atoms with Gasteiger partial charge in [0.1, 0.15) is 5.75 Å². The number of phenolic OH excluding ortho intramolecular Hbond substituents is 1. The van der Waals surface area contributed by atoms with Crippen molar-refractivity contribution in [3.63, 3.8) is 0 Å². The number of hydrogen-bond acceptors (Lipinski definition) is 5. The number of ether oxygens (including phenoxy) is 1. The van der Waals surface area contributed by atoms with Gasteiger partial charge in [-0.2, -0.15) is 0 Å². The zero-order valence-corrected chi connectivity index (χ0v) is 11.1. The predicted molar refractivity (Wildman–Crippen MR) is 74.6 cm³/mol. The third-order valence-electron chi connectivity index (χ3n) is 2.27. The van der Waals surface area contributed by atoms with Crippen LogP contribution >= 0.6 is 0 Å². The van der Waals surface area contributed by atoms with E-state index in [9.17, 15) is 19.5 Å². The van der Waals surface area contributed by atoms with Gasteiger partial charge in [-0.15, -0.1) is 0 Å². The second-order valence-electron chi connectivity index (χ2n) is 3.79. The monoisotopic (exact) mass is 291 g/mol. The highest BCUT2D eigenvalue weighted by molar-refractivity contribution is 6.03. The Morgan fingerprint density at radius 2 is 1.90 bits per heavy atom. The smallest absolute Gasteiger partial charge is 0.330 e. The number of aliphatic carboxylic acids is 1. The fourth-order valence-corrected chi connectivity index (χ4v) is 1.31. The summed E-state index contributed by atoms with van der Waals surface area (Å²) in [6, 6.07) is 4.21. The highest BCUT2D eigenvalue weighted by Crippen LogP contribution is 2.24. The molecule has 0 aromatic heterocycles. The SMILES string of the molecule is COC(=O)/C=C/C(=O)Nc1ccc(/C=C/C(=O)O)cc1O. The molecule has 21 heavy (non-hydrogen) atoms. The lowest BCUT2D eigenvalue weighted by molar-refractivity contribution is -0.135. The Hall–Kier alpha value is -3.09. The molecule has 1 aromatic rings. The van der Waals surface area contributed by atoms with Crippen molar-refractivity contribution in [3.05, 3.63) is 42.0 Å². The lowest BCUT2D eigenvalue weighted by Crippen LogP contribution is -2.09. The van der Waals surface area contributed by atoms with Crippen LogP contribution < -0.4 is 5.32 Å². The Kier molecular flexibility index (Phi) is 5.69. The van der Waals surface area contributed by atoms with Crippen LogP contribution in [0.15, 0.2) is 36.4 Å². The number of nitrogens with one attached hydrogen (secondary N) is 1. The summed E-state index contributed by atoms with van der Waals surface area (Å²) >= 11 is 0. The number of carboxylic acids is 1. The average molecular weight is 291 g/mol. The number of anilines is 1. The zero-order chi connectivity index (χ0) is 15.8. The normalized spacial score (nSPS) is 10.7. The van der Waals surface area contributed by atoms with E-state index in [-0.39, 0.29) is 11.4 Å². The maximum Gasteiger partial charge on any atom is 0.330 e. The molecule has 0 aliphatic rings. The largest absolute Gasteiger partial charge is 0.506 e. The quantitative estimate of drug-likeness (QED) is 0.426. The molecule has 0 radical (unpaired) electrons. The zero-order valence-electron chi connectivity index (χ0n) is 11.1.